The molecule has 1 amide bonds. The van der Waals surface area contributed by atoms with Crippen molar-refractivity contribution in [3.05, 3.63) is 52.8 Å². The van der Waals surface area contributed by atoms with E-state index in [0.717, 1.165) is 0 Å². The van der Waals surface area contributed by atoms with Gasteiger partial charge in [0.1, 0.15) is 17.5 Å². The molecule has 0 radical (unpaired) electrons. The molecule has 1 fully saturated rings. The predicted molar refractivity (Wildman–Crippen MR) is 107 cm³/mol. The predicted octanol–water partition coefficient (Wildman–Crippen LogP) is 0.858. The number of piperidine rings is 1. The van der Waals surface area contributed by atoms with Crippen LogP contribution in [0.5, 0.6) is 5.75 Å². The molecule has 1 aliphatic heterocycles. The van der Waals surface area contributed by atoms with Crippen molar-refractivity contribution in [3.8, 4) is 5.75 Å². The van der Waals surface area contributed by atoms with Gasteiger partial charge in [-0.15, -0.1) is 0 Å². The number of aromatic nitrogens is 2. The van der Waals surface area contributed by atoms with Gasteiger partial charge in [0, 0.05) is 25.9 Å². The first-order valence-electron chi connectivity index (χ1n) is 9.28. The Balaban J connectivity index is 1.56. The molecule has 0 aliphatic carbocycles. The number of aryl methyl sites for hydroxylation is 1. The van der Waals surface area contributed by atoms with Gasteiger partial charge in [0.15, 0.2) is 5.58 Å². The molecule has 158 valence electrons. The van der Waals surface area contributed by atoms with Gasteiger partial charge in [0.2, 0.25) is 10.0 Å². The fourth-order valence-corrected chi connectivity index (χ4v) is 4.98. The first-order chi connectivity index (χ1) is 14.3. The third-order valence-electron chi connectivity index (χ3n) is 5.03. The van der Waals surface area contributed by atoms with E-state index in [-0.39, 0.29) is 17.1 Å². The number of hydrogen-bond acceptors (Lipinski definition) is 7. The molecule has 1 aliphatic rings. The van der Waals surface area contributed by atoms with Gasteiger partial charge in [-0.25, -0.2) is 13.2 Å². The van der Waals surface area contributed by atoms with Crippen LogP contribution in [0.2, 0.25) is 0 Å². The lowest BCUT2D eigenvalue weighted by Gasteiger charge is -2.32. The van der Waals surface area contributed by atoms with E-state index in [2.05, 4.69) is 4.98 Å². The number of nitrogens with zero attached hydrogens (tertiary/aromatic N) is 3. The number of primary amides is 1. The maximum absolute atomic E-state index is 13.2. The Kier molecular flexibility index (Phi) is 5.08. The number of rotatable bonds is 5. The molecule has 0 saturated carbocycles. The van der Waals surface area contributed by atoms with Crippen LogP contribution < -0.4 is 16.2 Å². The van der Waals surface area contributed by atoms with Gasteiger partial charge < -0.3 is 14.9 Å². The number of ether oxygens (including phenoxy) is 1. The smallest absolute Gasteiger partial charge is 0.419 e. The van der Waals surface area contributed by atoms with E-state index >= 15 is 0 Å². The Morgan fingerprint density at radius 3 is 2.87 bits per heavy atom. The third kappa shape index (κ3) is 3.68. The van der Waals surface area contributed by atoms with Crippen LogP contribution in [-0.4, -0.2) is 47.4 Å². The molecule has 0 bridgehead atoms. The Hall–Kier alpha value is -3.18. The van der Waals surface area contributed by atoms with E-state index < -0.39 is 27.8 Å². The minimum absolute atomic E-state index is 0.0758. The van der Waals surface area contributed by atoms with Gasteiger partial charge in [-0.05, 0) is 37.1 Å². The SMILES string of the molecule is Cn1c(=O)oc2ccc(S(=O)(=O)N3CCCC(Oc4ccnc(C(N)=O)c4)C3)cc21. The number of fused-ring (bicyclic) bond motifs is 1. The van der Waals surface area contributed by atoms with Gasteiger partial charge in [-0.2, -0.15) is 4.31 Å². The van der Waals surface area contributed by atoms with Crippen molar-refractivity contribution < 1.29 is 22.4 Å². The number of pyridine rings is 1. The number of carbonyl (C=O) groups excluding carboxylic acids is 1. The first-order valence-corrected chi connectivity index (χ1v) is 10.7. The highest BCUT2D eigenvalue weighted by atomic mass is 32.2. The zero-order valence-electron chi connectivity index (χ0n) is 16.1. The van der Waals surface area contributed by atoms with E-state index in [1.165, 1.54) is 46.4 Å². The molecule has 10 nitrogen and oxygen atoms in total. The van der Waals surface area contributed by atoms with Crippen LogP contribution in [0.15, 0.2) is 50.6 Å². The van der Waals surface area contributed by atoms with Gasteiger partial charge in [-0.1, -0.05) is 0 Å². The summed E-state index contributed by atoms with van der Waals surface area (Å²) in [5.74, 6) is -0.825. The molecule has 3 aromatic rings. The fourth-order valence-electron chi connectivity index (χ4n) is 3.45. The number of sulfonamides is 1. The number of carbonyl (C=O) groups is 1. The summed E-state index contributed by atoms with van der Waals surface area (Å²) in [4.78, 5) is 26.9. The standard InChI is InChI=1S/C19H20N4O6S/c1-22-16-10-14(4-5-17(16)29-19(22)25)30(26,27)23-8-2-3-13(11-23)28-12-6-7-21-15(9-12)18(20)24/h4-7,9-10,13H,2-3,8,11H2,1H3,(H2,20,24). The van der Waals surface area contributed by atoms with Crippen LogP contribution in [-0.2, 0) is 17.1 Å². The zero-order chi connectivity index (χ0) is 21.5. The molecular weight excluding hydrogens is 412 g/mol. The molecule has 2 N–H and O–H groups in total. The molecule has 30 heavy (non-hydrogen) atoms. The van der Waals surface area contributed by atoms with Crippen molar-refractivity contribution in [2.75, 3.05) is 13.1 Å². The van der Waals surface area contributed by atoms with Crippen molar-refractivity contribution in [1.29, 1.82) is 0 Å². The first kappa shape index (κ1) is 20.1. The maximum Gasteiger partial charge on any atom is 0.419 e. The Morgan fingerprint density at radius 1 is 1.30 bits per heavy atom. The quantitative estimate of drug-likeness (QED) is 0.631. The fraction of sp³-hybridized carbons (Fsp3) is 0.316. The molecule has 1 atom stereocenters. The van der Waals surface area contributed by atoms with E-state index in [9.17, 15) is 18.0 Å². The van der Waals surface area contributed by atoms with Crippen molar-refractivity contribution in [2.24, 2.45) is 12.8 Å². The molecule has 1 aromatic carbocycles. The highest BCUT2D eigenvalue weighted by Crippen LogP contribution is 2.26. The summed E-state index contributed by atoms with van der Waals surface area (Å²) in [5.41, 5.74) is 6.04. The monoisotopic (exact) mass is 432 g/mol. The average Bonchev–Trinajstić information content (AvgIpc) is 3.01. The number of benzene rings is 1. The second-order valence-corrected chi connectivity index (χ2v) is 8.98. The van der Waals surface area contributed by atoms with Crippen LogP contribution in [0.4, 0.5) is 0 Å². The van der Waals surface area contributed by atoms with Gasteiger partial charge >= 0.3 is 5.76 Å². The van der Waals surface area contributed by atoms with Crippen LogP contribution in [0, 0.1) is 0 Å². The van der Waals surface area contributed by atoms with Crippen molar-refractivity contribution in [1.82, 2.24) is 13.9 Å². The van der Waals surface area contributed by atoms with E-state index in [1.807, 2.05) is 0 Å². The minimum Gasteiger partial charge on any atom is -0.489 e. The summed E-state index contributed by atoms with van der Waals surface area (Å²) < 4.78 is 39.9. The van der Waals surface area contributed by atoms with Crippen molar-refractivity contribution in [2.45, 2.75) is 23.8 Å². The summed E-state index contributed by atoms with van der Waals surface area (Å²) >= 11 is 0. The van der Waals surface area contributed by atoms with E-state index in [0.29, 0.717) is 36.2 Å². The Morgan fingerprint density at radius 2 is 2.10 bits per heavy atom. The topological polar surface area (TPSA) is 138 Å². The number of hydrogen-bond donors (Lipinski definition) is 1. The van der Waals surface area contributed by atoms with Crippen LogP contribution in [0.25, 0.3) is 11.1 Å². The summed E-state index contributed by atoms with van der Waals surface area (Å²) in [6.07, 6.45) is 2.30. The molecule has 0 spiro atoms. The summed E-state index contributed by atoms with van der Waals surface area (Å²) in [6.45, 7) is 0.506. The highest BCUT2D eigenvalue weighted by molar-refractivity contribution is 7.89. The van der Waals surface area contributed by atoms with Crippen LogP contribution in [0.1, 0.15) is 23.3 Å². The molecule has 2 aromatic heterocycles. The van der Waals surface area contributed by atoms with Crippen molar-refractivity contribution >= 4 is 27.0 Å². The van der Waals surface area contributed by atoms with Crippen molar-refractivity contribution in [3.63, 3.8) is 0 Å². The normalized spacial score (nSPS) is 17.8. The lowest BCUT2D eigenvalue weighted by Crippen LogP contribution is -2.44. The Bertz CT molecular complexity index is 1280. The summed E-state index contributed by atoms with van der Waals surface area (Å²) in [7, 11) is -2.28. The second-order valence-electron chi connectivity index (χ2n) is 7.04. The lowest BCUT2D eigenvalue weighted by atomic mass is 10.1. The highest BCUT2D eigenvalue weighted by Gasteiger charge is 2.31. The van der Waals surface area contributed by atoms with E-state index in [4.69, 9.17) is 14.9 Å². The molecule has 1 saturated heterocycles. The Labute approximate surface area is 171 Å². The zero-order valence-corrected chi connectivity index (χ0v) is 17.0. The van der Waals surface area contributed by atoms with Gasteiger partial charge in [-0.3, -0.25) is 14.3 Å². The summed E-state index contributed by atoms with van der Waals surface area (Å²) in [5, 5.41) is 0. The minimum atomic E-state index is -3.80. The number of amides is 1. The third-order valence-corrected chi connectivity index (χ3v) is 6.89. The van der Waals surface area contributed by atoms with Crippen LogP contribution in [0.3, 0.4) is 0 Å². The lowest BCUT2D eigenvalue weighted by molar-refractivity contribution is 0.0993. The number of nitrogens with two attached hydrogens (primary N) is 1. The van der Waals surface area contributed by atoms with E-state index in [1.54, 1.807) is 6.07 Å². The molecule has 4 rings (SSSR count). The number of oxazole rings is 1. The van der Waals surface area contributed by atoms with Gasteiger partial charge in [0.25, 0.3) is 5.91 Å². The second kappa shape index (κ2) is 7.58. The molecular formula is C19H20N4O6S. The molecule has 3 heterocycles. The largest absolute Gasteiger partial charge is 0.489 e. The molecule has 11 heteroatoms. The maximum atomic E-state index is 13.2. The van der Waals surface area contributed by atoms with Crippen LogP contribution >= 0.6 is 0 Å². The van der Waals surface area contributed by atoms with Gasteiger partial charge in [0.05, 0.1) is 17.0 Å². The molecule has 1 unspecified atom stereocenters. The summed E-state index contributed by atoms with van der Waals surface area (Å²) in [6, 6.07) is 7.36. The average molecular weight is 432 g/mol.